The lowest BCUT2D eigenvalue weighted by molar-refractivity contribution is -0.113. The second-order valence-corrected chi connectivity index (χ2v) is 7.41. The first-order valence-electron chi connectivity index (χ1n) is 8.97. The summed E-state index contributed by atoms with van der Waals surface area (Å²) in [6.07, 6.45) is 0.869. The van der Waals surface area contributed by atoms with E-state index < -0.39 is 0 Å². The molecule has 0 saturated carbocycles. The molecule has 2 aromatic carbocycles. The van der Waals surface area contributed by atoms with Crippen molar-refractivity contribution in [2.24, 2.45) is 0 Å². The summed E-state index contributed by atoms with van der Waals surface area (Å²) in [5, 5.41) is 15.4. The number of anilines is 1. The van der Waals surface area contributed by atoms with E-state index in [1.165, 1.54) is 17.3 Å². The molecule has 3 aromatic rings. The Morgan fingerprint density at radius 3 is 2.59 bits per heavy atom. The van der Waals surface area contributed by atoms with E-state index >= 15 is 0 Å². The van der Waals surface area contributed by atoms with Crippen molar-refractivity contribution in [2.75, 3.05) is 11.1 Å². The third-order valence-electron chi connectivity index (χ3n) is 4.25. The quantitative estimate of drug-likeness (QED) is 0.624. The van der Waals surface area contributed by atoms with Gasteiger partial charge < -0.3 is 5.32 Å². The summed E-state index contributed by atoms with van der Waals surface area (Å²) in [4.78, 5) is 12.3. The molecular weight excluding hydrogens is 358 g/mol. The van der Waals surface area contributed by atoms with Crippen LogP contribution >= 0.6 is 11.8 Å². The van der Waals surface area contributed by atoms with Gasteiger partial charge in [-0.2, -0.15) is 4.68 Å². The molecule has 1 heterocycles. The van der Waals surface area contributed by atoms with Crippen LogP contribution in [0.4, 0.5) is 5.69 Å². The smallest absolute Gasteiger partial charge is 0.234 e. The van der Waals surface area contributed by atoms with Gasteiger partial charge in [-0.05, 0) is 52.1 Å². The number of hydrogen-bond donors (Lipinski definition) is 1. The fraction of sp³-hybridized carbons (Fsp3) is 0.300. The number of benzene rings is 2. The number of carbonyl (C=O) groups excluding carboxylic acids is 1. The van der Waals surface area contributed by atoms with Crippen LogP contribution in [0.1, 0.15) is 37.8 Å². The summed E-state index contributed by atoms with van der Waals surface area (Å²) < 4.78 is 1.65. The Morgan fingerprint density at radius 1 is 1.15 bits per heavy atom. The molecule has 0 radical (unpaired) electrons. The molecular formula is C20H23N5OS. The van der Waals surface area contributed by atoms with Gasteiger partial charge >= 0.3 is 0 Å². The fourth-order valence-electron chi connectivity index (χ4n) is 2.70. The number of aromatic nitrogens is 4. The van der Waals surface area contributed by atoms with Gasteiger partial charge in [-0.3, -0.25) is 4.79 Å². The van der Waals surface area contributed by atoms with Crippen LogP contribution in [0.2, 0.25) is 0 Å². The number of nitrogens with zero attached hydrogens (tertiary/aromatic N) is 4. The lowest BCUT2D eigenvalue weighted by Crippen LogP contribution is -2.15. The van der Waals surface area contributed by atoms with Gasteiger partial charge in [0.2, 0.25) is 11.1 Å². The van der Waals surface area contributed by atoms with Crippen molar-refractivity contribution in [3.05, 3.63) is 59.7 Å². The minimum Gasteiger partial charge on any atom is -0.325 e. The maximum atomic E-state index is 12.3. The molecule has 0 fully saturated rings. The Labute approximate surface area is 163 Å². The van der Waals surface area contributed by atoms with Gasteiger partial charge in [0.05, 0.1) is 11.4 Å². The molecule has 0 aliphatic heterocycles. The van der Waals surface area contributed by atoms with Crippen molar-refractivity contribution in [3.63, 3.8) is 0 Å². The highest BCUT2D eigenvalue weighted by Crippen LogP contribution is 2.21. The molecule has 3 rings (SSSR count). The van der Waals surface area contributed by atoms with Gasteiger partial charge in [0, 0.05) is 5.69 Å². The summed E-state index contributed by atoms with van der Waals surface area (Å²) in [7, 11) is 0. The molecule has 140 valence electrons. The van der Waals surface area contributed by atoms with Crippen LogP contribution in [-0.2, 0) is 11.2 Å². The summed E-state index contributed by atoms with van der Waals surface area (Å²) in [6, 6.07) is 16.0. The number of amides is 1. The SMILES string of the molecule is CCc1ccccc1NC(=O)CSc1nnnn1-c1ccc(C(C)C)cc1. The predicted octanol–water partition coefficient (Wildman–Crippen LogP) is 4.08. The molecule has 0 unspecified atom stereocenters. The Hall–Kier alpha value is -2.67. The topological polar surface area (TPSA) is 72.7 Å². The average molecular weight is 382 g/mol. The number of carbonyl (C=O) groups is 1. The van der Waals surface area contributed by atoms with Gasteiger partial charge in [-0.1, -0.05) is 62.9 Å². The third kappa shape index (κ3) is 4.74. The van der Waals surface area contributed by atoms with E-state index in [1.54, 1.807) is 4.68 Å². The first-order valence-corrected chi connectivity index (χ1v) is 9.96. The molecule has 27 heavy (non-hydrogen) atoms. The van der Waals surface area contributed by atoms with Crippen LogP contribution in [0, 0.1) is 0 Å². The van der Waals surface area contributed by atoms with Gasteiger partial charge in [0.1, 0.15) is 0 Å². The molecule has 1 aromatic heterocycles. The highest BCUT2D eigenvalue weighted by molar-refractivity contribution is 7.99. The lowest BCUT2D eigenvalue weighted by atomic mass is 10.0. The number of rotatable bonds is 7. The van der Waals surface area contributed by atoms with Crippen molar-refractivity contribution >= 4 is 23.4 Å². The van der Waals surface area contributed by atoms with Crippen LogP contribution in [0.3, 0.4) is 0 Å². The largest absolute Gasteiger partial charge is 0.325 e. The van der Waals surface area contributed by atoms with Gasteiger partial charge in [-0.25, -0.2) is 0 Å². The first-order chi connectivity index (χ1) is 13.1. The predicted molar refractivity (Wildman–Crippen MR) is 108 cm³/mol. The maximum Gasteiger partial charge on any atom is 0.234 e. The Balaban J connectivity index is 1.65. The van der Waals surface area contributed by atoms with Gasteiger partial charge in [-0.15, -0.1) is 5.10 Å². The maximum absolute atomic E-state index is 12.3. The van der Waals surface area contributed by atoms with E-state index in [9.17, 15) is 4.79 Å². The number of para-hydroxylation sites is 1. The zero-order valence-corrected chi connectivity index (χ0v) is 16.5. The zero-order chi connectivity index (χ0) is 19.2. The molecule has 0 saturated heterocycles. The van der Waals surface area contributed by atoms with Crippen LogP contribution in [-0.4, -0.2) is 31.9 Å². The highest BCUT2D eigenvalue weighted by atomic mass is 32.2. The average Bonchev–Trinajstić information content (AvgIpc) is 3.15. The highest BCUT2D eigenvalue weighted by Gasteiger charge is 2.13. The third-order valence-corrected chi connectivity index (χ3v) is 5.17. The minimum absolute atomic E-state index is 0.0781. The standard InChI is InChI=1S/C20H23N5OS/c1-4-15-7-5-6-8-18(15)21-19(26)13-27-20-22-23-24-25(20)17-11-9-16(10-12-17)14(2)3/h5-12,14H,4,13H2,1-3H3,(H,21,26). The van der Waals surface area contributed by atoms with Crippen molar-refractivity contribution in [3.8, 4) is 5.69 Å². The molecule has 1 N–H and O–H groups in total. The molecule has 0 aliphatic rings. The number of aryl methyl sites for hydroxylation is 1. The molecule has 1 amide bonds. The molecule has 0 spiro atoms. The van der Waals surface area contributed by atoms with Crippen LogP contribution < -0.4 is 5.32 Å². The van der Waals surface area contributed by atoms with Crippen molar-refractivity contribution in [1.29, 1.82) is 0 Å². The van der Waals surface area contributed by atoms with Gasteiger partial charge in [0.15, 0.2) is 0 Å². The van der Waals surface area contributed by atoms with Crippen LogP contribution in [0.5, 0.6) is 0 Å². The van der Waals surface area contributed by atoms with E-state index in [1.807, 2.05) is 36.4 Å². The first kappa shape index (κ1) is 19.1. The molecule has 0 atom stereocenters. The monoisotopic (exact) mass is 381 g/mol. The number of tetrazole rings is 1. The van der Waals surface area contributed by atoms with E-state index in [-0.39, 0.29) is 11.7 Å². The zero-order valence-electron chi connectivity index (χ0n) is 15.7. The summed E-state index contributed by atoms with van der Waals surface area (Å²) in [6.45, 7) is 6.38. The minimum atomic E-state index is -0.0781. The molecule has 0 bridgehead atoms. The lowest BCUT2D eigenvalue weighted by Gasteiger charge is -2.10. The van der Waals surface area contributed by atoms with Crippen LogP contribution in [0.25, 0.3) is 5.69 Å². The Kier molecular flexibility index (Phi) is 6.24. The fourth-order valence-corrected chi connectivity index (χ4v) is 3.39. The van der Waals surface area contributed by atoms with Crippen molar-refractivity contribution in [1.82, 2.24) is 20.2 Å². The number of thioether (sulfide) groups is 1. The summed E-state index contributed by atoms with van der Waals surface area (Å²) >= 11 is 1.31. The second-order valence-electron chi connectivity index (χ2n) is 6.47. The van der Waals surface area contributed by atoms with E-state index in [0.717, 1.165) is 23.4 Å². The second kappa shape index (κ2) is 8.81. The number of nitrogens with one attached hydrogen (secondary N) is 1. The van der Waals surface area contributed by atoms with E-state index in [2.05, 4.69) is 53.7 Å². The Bertz CT molecular complexity index is 905. The molecule has 7 heteroatoms. The summed E-state index contributed by atoms with van der Waals surface area (Å²) in [5.74, 6) is 0.629. The van der Waals surface area contributed by atoms with Gasteiger partial charge in [0.25, 0.3) is 0 Å². The van der Waals surface area contributed by atoms with Crippen molar-refractivity contribution < 1.29 is 4.79 Å². The molecule has 0 aliphatic carbocycles. The normalized spacial score (nSPS) is 11.0. The van der Waals surface area contributed by atoms with Crippen LogP contribution in [0.15, 0.2) is 53.7 Å². The Morgan fingerprint density at radius 2 is 1.89 bits per heavy atom. The van der Waals surface area contributed by atoms with Crippen molar-refractivity contribution in [2.45, 2.75) is 38.3 Å². The van der Waals surface area contributed by atoms with E-state index in [0.29, 0.717) is 11.1 Å². The number of hydrogen-bond acceptors (Lipinski definition) is 5. The molecule has 6 nitrogen and oxygen atoms in total. The van der Waals surface area contributed by atoms with E-state index in [4.69, 9.17) is 0 Å². The summed E-state index contributed by atoms with van der Waals surface area (Å²) in [5.41, 5.74) is 4.11.